The van der Waals surface area contributed by atoms with Crippen LogP contribution in [0.1, 0.15) is 0 Å². The highest BCUT2D eigenvalue weighted by Gasteiger charge is 1.79. The van der Waals surface area contributed by atoms with E-state index in [0.717, 1.165) is 10.7 Å². The standard InChI is InChI=1S/C6H6ClNP/c7-5-1-3-6(8-9)4-2-5/h1-4H,9H2/q-1. The molecule has 1 unspecified atom stereocenters. The van der Waals surface area contributed by atoms with E-state index in [2.05, 4.69) is 14.5 Å². The molecule has 1 aromatic carbocycles. The zero-order valence-corrected chi connectivity index (χ0v) is 6.62. The maximum atomic E-state index is 5.62. The molecule has 1 rings (SSSR count). The first-order valence-electron chi connectivity index (χ1n) is 2.49. The van der Waals surface area contributed by atoms with Gasteiger partial charge in [-0.1, -0.05) is 23.7 Å². The van der Waals surface area contributed by atoms with E-state index in [1.807, 2.05) is 24.3 Å². The summed E-state index contributed by atoms with van der Waals surface area (Å²) in [6.45, 7) is 0. The molecule has 1 atom stereocenters. The van der Waals surface area contributed by atoms with Gasteiger partial charge in [-0.05, 0) is 12.1 Å². The van der Waals surface area contributed by atoms with Crippen molar-refractivity contribution in [3.8, 4) is 0 Å². The second-order valence-corrected chi connectivity index (χ2v) is 2.30. The summed E-state index contributed by atoms with van der Waals surface area (Å²) in [6.07, 6.45) is 0. The van der Waals surface area contributed by atoms with Crippen LogP contribution in [0.4, 0.5) is 5.69 Å². The summed E-state index contributed by atoms with van der Waals surface area (Å²) >= 11 is 5.62. The summed E-state index contributed by atoms with van der Waals surface area (Å²) in [6, 6.07) is 7.33. The fraction of sp³-hybridized carbons (Fsp3) is 0. The van der Waals surface area contributed by atoms with Crippen molar-refractivity contribution in [1.82, 2.24) is 0 Å². The first-order chi connectivity index (χ1) is 4.33. The van der Waals surface area contributed by atoms with Crippen LogP contribution in [0.2, 0.25) is 5.02 Å². The molecule has 0 spiro atoms. The topological polar surface area (TPSA) is 14.1 Å². The maximum Gasteiger partial charge on any atom is 0.0405 e. The van der Waals surface area contributed by atoms with Crippen molar-refractivity contribution in [2.24, 2.45) is 0 Å². The minimum atomic E-state index is 0.743. The molecule has 0 saturated carbocycles. The molecule has 0 aliphatic carbocycles. The molecule has 0 saturated heterocycles. The summed E-state index contributed by atoms with van der Waals surface area (Å²) in [5.41, 5.74) is 0.921. The quantitative estimate of drug-likeness (QED) is 0.558. The number of hydrogen-bond acceptors (Lipinski definition) is 0. The zero-order valence-electron chi connectivity index (χ0n) is 4.71. The lowest BCUT2D eigenvalue weighted by atomic mass is 10.3. The molecule has 1 nitrogen and oxygen atoms in total. The van der Waals surface area contributed by atoms with Crippen molar-refractivity contribution >= 4 is 26.7 Å². The predicted octanol–water partition coefficient (Wildman–Crippen LogP) is 3.14. The van der Waals surface area contributed by atoms with Gasteiger partial charge in [-0.25, -0.2) is 9.39 Å². The lowest BCUT2D eigenvalue weighted by molar-refractivity contribution is 1.72. The van der Waals surface area contributed by atoms with Gasteiger partial charge in [-0.3, -0.25) is 0 Å². The Hall–Kier alpha value is -0.260. The molecule has 0 aromatic heterocycles. The molecule has 48 valence electrons. The molecule has 3 heteroatoms. The Morgan fingerprint density at radius 1 is 1.22 bits per heavy atom. The van der Waals surface area contributed by atoms with E-state index in [1.165, 1.54) is 0 Å². The van der Waals surface area contributed by atoms with Gasteiger partial charge in [0.05, 0.1) is 0 Å². The fourth-order valence-electron chi connectivity index (χ4n) is 0.527. The Morgan fingerprint density at radius 2 is 1.78 bits per heavy atom. The van der Waals surface area contributed by atoms with Crippen molar-refractivity contribution < 1.29 is 0 Å². The Kier molecular flexibility index (Phi) is 2.32. The molecule has 0 N–H and O–H groups in total. The van der Waals surface area contributed by atoms with Crippen LogP contribution in [0, 0.1) is 0 Å². The Morgan fingerprint density at radius 3 is 2.22 bits per heavy atom. The van der Waals surface area contributed by atoms with E-state index >= 15 is 0 Å². The van der Waals surface area contributed by atoms with Crippen LogP contribution < -0.4 is 0 Å². The van der Waals surface area contributed by atoms with Crippen LogP contribution in [-0.2, 0) is 0 Å². The summed E-state index contributed by atoms with van der Waals surface area (Å²) in [5, 5.41) is 4.61. The van der Waals surface area contributed by atoms with Crippen molar-refractivity contribution in [2.75, 3.05) is 0 Å². The number of benzene rings is 1. The minimum absolute atomic E-state index is 0.743. The van der Waals surface area contributed by atoms with Crippen molar-refractivity contribution in [2.45, 2.75) is 0 Å². The minimum Gasteiger partial charge on any atom is -0.665 e. The molecule has 0 amide bonds. The largest absolute Gasteiger partial charge is 0.665 e. The summed E-state index contributed by atoms with van der Waals surface area (Å²) in [7, 11) is 2.29. The first-order valence-corrected chi connectivity index (χ1v) is 3.39. The molecule has 1 aromatic rings. The lowest BCUT2D eigenvalue weighted by Crippen LogP contribution is -1.61. The molecule has 0 heterocycles. The Balaban J connectivity index is 2.88. The van der Waals surface area contributed by atoms with Gasteiger partial charge < -0.3 is 5.09 Å². The van der Waals surface area contributed by atoms with Gasteiger partial charge >= 0.3 is 0 Å². The molecule has 9 heavy (non-hydrogen) atoms. The van der Waals surface area contributed by atoms with Crippen molar-refractivity contribution in [1.29, 1.82) is 0 Å². The molecule has 0 bridgehead atoms. The van der Waals surface area contributed by atoms with E-state index in [4.69, 9.17) is 11.6 Å². The van der Waals surface area contributed by atoms with E-state index in [1.54, 1.807) is 0 Å². The van der Waals surface area contributed by atoms with Gasteiger partial charge in [0.15, 0.2) is 0 Å². The highest BCUT2D eigenvalue weighted by atomic mass is 35.5. The second-order valence-electron chi connectivity index (χ2n) is 1.61. The molecule has 0 radical (unpaired) electrons. The Labute approximate surface area is 61.7 Å². The molecule has 0 aliphatic rings. The second kappa shape index (κ2) is 3.05. The average molecular weight is 159 g/mol. The number of hydrogen-bond donors (Lipinski definition) is 0. The van der Waals surface area contributed by atoms with Crippen LogP contribution in [0.25, 0.3) is 5.09 Å². The predicted molar refractivity (Wildman–Crippen MR) is 44.2 cm³/mol. The molecular weight excluding hydrogens is 152 g/mol. The number of nitrogens with zero attached hydrogens (tertiary/aromatic N) is 1. The Bertz CT molecular complexity index is 185. The third kappa shape index (κ3) is 1.85. The van der Waals surface area contributed by atoms with Gasteiger partial charge in [0.2, 0.25) is 0 Å². The van der Waals surface area contributed by atoms with E-state index in [0.29, 0.717) is 0 Å². The smallest absolute Gasteiger partial charge is 0.0405 e. The zero-order chi connectivity index (χ0) is 6.69. The van der Waals surface area contributed by atoms with Crippen LogP contribution >= 0.6 is 21.0 Å². The SMILES string of the molecule is P[N-]c1ccc(Cl)cc1. The number of halogens is 1. The highest BCUT2D eigenvalue weighted by molar-refractivity contribution is 7.21. The third-order valence-corrected chi connectivity index (χ3v) is 1.53. The number of rotatable bonds is 1. The van der Waals surface area contributed by atoms with E-state index < -0.39 is 0 Å². The van der Waals surface area contributed by atoms with Crippen LogP contribution in [0.15, 0.2) is 24.3 Å². The molecule has 0 fully saturated rings. The van der Waals surface area contributed by atoms with Gasteiger partial charge in [0, 0.05) is 5.02 Å². The van der Waals surface area contributed by atoms with E-state index in [-0.39, 0.29) is 0 Å². The van der Waals surface area contributed by atoms with Crippen molar-refractivity contribution in [3.05, 3.63) is 34.4 Å². The van der Waals surface area contributed by atoms with Gasteiger partial charge in [-0.2, -0.15) is 0 Å². The lowest BCUT2D eigenvalue weighted by Gasteiger charge is -2.11. The summed E-state index contributed by atoms with van der Waals surface area (Å²) in [4.78, 5) is 0. The summed E-state index contributed by atoms with van der Waals surface area (Å²) < 4.78 is 0. The van der Waals surface area contributed by atoms with E-state index in [9.17, 15) is 0 Å². The highest BCUT2D eigenvalue weighted by Crippen LogP contribution is 2.23. The molecular formula is C6H6ClNP-. The van der Waals surface area contributed by atoms with Crippen LogP contribution in [0.3, 0.4) is 0 Å². The first kappa shape index (κ1) is 6.85. The fourth-order valence-corrected chi connectivity index (χ4v) is 0.825. The van der Waals surface area contributed by atoms with Crippen LogP contribution in [0.5, 0.6) is 0 Å². The van der Waals surface area contributed by atoms with Gasteiger partial charge in [0.25, 0.3) is 0 Å². The average Bonchev–Trinajstić information content (AvgIpc) is 1.90. The normalized spacial score (nSPS) is 9.11. The van der Waals surface area contributed by atoms with Gasteiger partial charge in [0.1, 0.15) is 0 Å². The summed E-state index contributed by atoms with van der Waals surface area (Å²) in [5.74, 6) is 0. The van der Waals surface area contributed by atoms with Crippen LogP contribution in [-0.4, -0.2) is 0 Å². The third-order valence-electron chi connectivity index (χ3n) is 0.976. The monoisotopic (exact) mass is 158 g/mol. The van der Waals surface area contributed by atoms with Gasteiger partial charge in [-0.15, -0.1) is 5.69 Å². The maximum absolute atomic E-state index is 5.62. The van der Waals surface area contributed by atoms with Crippen molar-refractivity contribution in [3.63, 3.8) is 0 Å². The molecule has 0 aliphatic heterocycles.